The van der Waals surface area contributed by atoms with E-state index in [1.807, 2.05) is 0 Å². The van der Waals surface area contributed by atoms with Gasteiger partial charge in [0.05, 0.1) is 0 Å². The number of benzene rings is 5. The van der Waals surface area contributed by atoms with E-state index in [2.05, 4.69) is 128 Å². The largest absolute Gasteiger partial charge is 0.0651 e. The Labute approximate surface area is 210 Å². The van der Waals surface area contributed by atoms with Crippen LogP contribution in [0.4, 0.5) is 0 Å². The normalized spacial score (nSPS) is 11.3. The molecule has 0 saturated heterocycles. The first-order valence-corrected chi connectivity index (χ1v) is 12.9. The van der Waals surface area contributed by atoms with Gasteiger partial charge in [-0.25, -0.2) is 0 Å². The molecule has 0 aliphatic heterocycles. The molecule has 0 unspecified atom stereocenters. The van der Waals surface area contributed by atoms with Gasteiger partial charge >= 0.3 is 0 Å². The van der Waals surface area contributed by atoms with E-state index in [4.69, 9.17) is 0 Å². The summed E-state index contributed by atoms with van der Waals surface area (Å²) in [6, 6.07) is 44.2. The van der Waals surface area contributed by atoms with Crippen molar-refractivity contribution in [3.05, 3.63) is 149 Å². The summed E-state index contributed by atoms with van der Waals surface area (Å²) in [5.74, 6) is 1.53. The number of hydrogen-bond donors (Lipinski definition) is 0. The molecular weight excluding hydrogens is 420 g/mol. The molecule has 0 spiro atoms. The fourth-order valence-electron chi connectivity index (χ4n) is 5.26. The summed E-state index contributed by atoms with van der Waals surface area (Å²) >= 11 is 0. The molecule has 5 aromatic rings. The van der Waals surface area contributed by atoms with Crippen molar-refractivity contribution in [1.82, 2.24) is 0 Å². The fraction of sp³-hybridized carbons (Fsp3) is 0.171. The van der Waals surface area contributed by atoms with Gasteiger partial charge in [0, 0.05) is 5.92 Å². The number of rotatable bonds is 9. The third-order valence-corrected chi connectivity index (χ3v) is 6.98. The van der Waals surface area contributed by atoms with Crippen molar-refractivity contribution in [2.45, 2.75) is 39.0 Å². The minimum Gasteiger partial charge on any atom is -0.0651 e. The molecule has 1 radical (unpaired) electrons. The van der Waals surface area contributed by atoms with Crippen LogP contribution >= 0.6 is 0 Å². The first-order chi connectivity index (χ1) is 17.3. The van der Waals surface area contributed by atoms with E-state index in [0.717, 1.165) is 32.1 Å². The smallest absolute Gasteiger partial charge is 0.00998 e. The molecule has 0 aliphatic carbocycles. The highest BCUT2D eigenvalue weighted by molar-refractivity contribution is 5.86. The minimum atomic E-state index is 0.975. The molecule has 0 atom stereocenters. The Morgan fingerprint density at radius 2 is 1.29 bits per heavy atom. The molecule has 0 saturated carbocycles. The van der Waals surface area contributed by atoms with Gasteiger partial charge in [-0.2, -0.15) is 0 Å². The molecule has 0 bridgehead atoms. The van der Waals surface area contributed by atoms with Gasteiger partial charge in [0.1, 0.15) is 0 Å². The van der Waals surface area contributed by atoms with Crippen molar-refractivity contribution in [3.8, 4) is 11.1 Å². The van der Waals surface area contributed by atoms with Crippen LogP contribution in [0.1, 0.15) is 42.0 Å². The third kappa shape index (κ3) is 5.38. The lowest BCUT2D eigenvalue weighted by Crippen LogP contribution is -2.10. The predicted octanol–water partition coefficient (Wildman–Crippen LogP) is 9.26. The van der Waals surface area contributed by atoms with Crippen LogP contribution in [0.5, 0.6) is 0 Å². The Kier molecular flexibility index (Phi) is 7.39. The molecule has 0 aliphatic rings. The van der Waals surface area contributed by atoms with Gasteiger partial charge < -0.3 is 0 Å². The highest BCUT2D eigenvalue weighted by Gasteiger charge is 2.20. The van der Waals surface area contributed by atoms with Crippen LogP contribution in [0.15, 0.2) is 121 Å². The SMILES string of the molecule is CCCc1c([C](CCc2ccccc2)Cc2cccc3ccccc23)cccc1-c1ccccc1. The van der Waals surface area contributed by atoms with E-state index in [1.54, 1.807) is 0 Å². The molecule has 0 N–H and O–H groups in total. The van der Waals surface area contributed by atoms with Gasteiger partial charge in [0.25, 0.3) is 0 Å². The van der Waals surface area contributed by atoms with Crippen LogP contribution < -0.4 is 0 Å². The molecule has 0 nitrogen and oxygen atoms in total. The average Bonchev–Trinajstić information content (AvgIpc) is 2.92. The maximum absolute atomic E-state index is 2.36. The van der Waals surface area contributed by atoms with E-state index >= 15 is 0 Å². The van der Waals surface area contributed by atoms with E-state index in [-0.39, 0.29) is 0 Å². The topological polar surface area (TPSA) is 0 Å². The van der Waals surface area contributed by atoms with Crippen molar-refractivity contribution in [2.24, 2.45) is 0 Å². The van der Waals surface area contributed by atoms with E-state index < -0.39 is 0 Å². The summed E-state index contributed by atoms with van der Waals surface area (Å²) in [5, 5.41) is 2.68. The molecule has 0 heterocycles. The second kappa shape index (κ2) is 11.2. The third-order valence-electron chi connectivity index (χ3n) is 6.98. The Morgan fingerprint density at radius 1 is 0.600 bits per heavy atom. The van der Waals surface area contributed by atoms with E-state index in [1.165, 1.54) is 50.1 Å². The van der Waals surface area contributed by atoms with Crippen LogP contribution in [-0.4, -0.2) is 0 Å². The zero-order chi connectivity index (χ0) is 23.9. The van der Waals surface area contributed by atoms with Gasteiger partial charge in [-0.3, -0.25) is 0 Å². The summed E-state index contributed by atoms with van der Waals surface area (Å²) in [7, 11) is 0. The van der Waals surface area contributed by atoms with Crippen LogP contribution in [0.2, 0.25) is 0 Å². The van der Waals surface area contributed by atoms with Gasteiger partial charge in [-0.1, -0.05) is 135 Å². The molecule has 5 aromatic carbocycles. The second-order valence-corrected chi connectivity index (χ2v) is 9.35. The Bertz CT molecular complexity index is 1360. The van der Waals surface area contributed by atoms with Gasteiger partial charge in [-0.05, 0) is 69.8 Å². The monoisotopic (exact) mass is 453 g/mol. The van der Waals surface area contributed by atoms with Crippen molar-refractivity contribution < 1.29 is 0 Å². The molecule has 0 heteroatoms. The lowest BCUT2D eigenvalue weighted by atomic mass is 9.80. The van der Waals surface area contributed by atoms with Gasteiger partial charge in [0.2, 0.25) is 0 Å². The fourth-order valence-corrected chi connectivity index (χ4v) is 5.26. The van der Waals surface area contributed by atoms with Crippen LogP contribution in [-0.2, 0) is 19.3 Å². The number of fused-ring (bicyclic) bond motifs is 1. The lowest BCUT2D eigenvalue weighted by Gasteiger charge is -2.23. The molecule has 0 amide bonds. The zero-order valence-electron chi connectivity index (χ0n) is 20.6. The molecule has 0 fully saturated rings. The highest BCUT2D eigenvalue weighted by atomic mass is 14.2. The van der Waals surface area contributed by atoms with Crippen LogP contribution in [0, 0.1) is 5.92 Å². The first-order valence-electron chi connectivity index (χ1n) is 12.9. The summed E-state index contributed by atoms with van der Waals surface area (Å²) in [6.07, 6.45) is 5.31. The number of hydrogen-bond acceptors (Lipinski definition) is 0. The molecule has 173 valence electrons. The van der Waals surface area contributed by atoms with E-state index in [9.17, 15) is 0 Å². The maximum atomic E-state index is 2.36. The van der Waals surface area contributed by atoms with Crippen molar-refractivity contribution >= 4 is 10.8 Å². The maximum Gasteiger partial charge on any atom is 0.00998 e. The Hall–Kier alpha value is -3.64. The van der Waals surface area contributed by atoms with Gasteiger partial charge in [-0.15, -0.1) is 0 Å². The Morgan fingerprint density at radius 3 is 2.09 bits per heavy atom. The zero-order valence-corrected chi connectivity index (χ0v) is 20.6. The van der Waals surface area contributed by atoms with E-state index in [0.29, 0.717) is 0 Å². The predicted molar refractivity (Wildman–Crippen MR) is 151 cm³/mol. The Balaban J connectivity index is 1.58. The molecular formula is C35H33. The lowest BCUT2D eigenvalue weighted by molar-refractivity contribution is 0.791. The van der Waals surface area contributed by atoms with Crippen molar-refractivity contribution in [1.29, 1.82) is 0 Å². The quantitative estimate of drug-likeness (QED) is 0.209. The van der Waals surface area contributed by atoms with Crippen molar-refractivity contribution in [2.75, 3.05) is 0 Å². The molecule has 35 heavy (non-hydrogen) atoms. The minimum absolute atomic E-state index is 0.975. The summed E-state index contributed by atoms with van der Waals surface area (Å²) in [6.45, 7) is 2.29. The van der Waals surface area contributed by atoms with Crippen LogP contribution in [0.3, 0.4) is 0 Å². The summed E-state index contributed by atoms with van der Waals surface area (Å²) in [4.78, 5) is 0. The van der Waals surface area contributed by atoms with Gasteiger partial charge in [0.15, 0.2) is 0 Å². The standard InChI is InChI=1S/C35H33/c1-2-13-35-33(29-16-7-4-8-17-29)22-12-23-34(35)31(25-24-27-14-5-3-6-15-27)26-30-20-11-19-28-18-9-10-21-32(28)30/h3-12,14-23H,2,13,24-26H2,1H3. The summed E-state index contributed by atoms with van der Waals surface area (Å²) < 4.78 is 0. The molecule has 5 rings (SSSR count). The highest BCUT2D eigenvalue weighted by Crippen LogP contribution is 2.36. The molecule has 0 aromatic heterocycles. The summed E-state index contributed by atoms with van der Waals surface area (Å²) in [5.41, 5.74) is 8.44. The second-order valence-electron chi connectivity index (χ2n) is 9.35. The van der Waals surface area contributed by atoms with Crippen LogP contribution in [0.25, 0.3) is 21.9 Å². The number of aryl methyl sites for hydroxylation is 1. The van der Waals surface area contributed by atoms with Crippen molar-refractivity contribution in [3.63, 3.8) is 0 Å². The first kappa shape index (κ1) is 23.1. The average molecular weight is 454 g/mol.